The smallest absolute Gasteiger partial charge is 0.224 e. The van der Waals surface area contributed by atoms with Crippen LogP contribution in [-0.4, -0.2) is 78.0 Å². The number of aryl methyl sites for hydroxylation is 1. The predicted octanol–water partition coefficient (Wildman–Crippen LogP) is 4.93. The van der Waals surface area contributed by atoms with Crippen molar-refractivity contribution >= 4 is 39.7 Å². The van der Waals surface area contributed by atoms with Crippen molar-refractivity contribution in [2.45, 2.75) is 24.8 Å². The van der Waals surface area contributed by atoms with Crippen LogP contribution >= 0.6 is 11.4 Å². The van der Waals surface area contributed by atoms with Crippen molar-refractivity contribution in [3.8, 4) is 11.5 Å². The first kappa shape index (κ1) is 30.7. The highest BCUT2D eigenvalue weighted by atomic mass is 32.1. The predicted molar refractivity (Wildman–Crippen MR) is 172 cm³/mol. The van der Waals surface area contributed by atoms with Gasteiger partial charge in [0.15, 0.2) is 0 Å². The van der Waals surface area contributed by atoms with Gasteiger partial charge in [0.05, 0.1) is 32.1 Å². The van der Waals surface area contributed by atoms with E-state index in [1.165, 1.54) is 12.1 Å². The van der Waals surface area contributed by atoms with E-state index in [0.717, 1.165) is 70.2 Å². The molecule has 8 nitrogen and oxygen atoms in total. The number of ether oxygens (including phenoxy) is 2. The number of aliphatic hydroxyl groups is 1. The summed E-state index contributed by atoms with van der Waals surface area (Å²) in [6.07, 6.45) is 4.08. The average Bonchev–Trinajstić information content (AvgIpc) is 3.52. The number of hydrogen-bond donors (Lipinski definition) is 3. The highest BCUT2D eigenvalue weighted by molar-refractivity contribution is 7.98. The van der Waals surface area contributed by atoms with Gasteiger partial charge in [-0.05, 0) is 89.9 Å². The van der Waals surface area contributed by atoms with Crippen LogP contribution in [0.2, 0.25) is 0 Å². The minimum Gasteiger partial charge on any atom is -0.495 e. The fraction of sp³-hybridized carbons (Fsp3) is 0.333. The molecule has 1 fully saturated rings. The van der Waals surface area contributed by atoms with Gasteiger partial charge in [-0.2, -0.15) is 0 Å². The lowest BCUT2D eigenvalue weighted by atomic mass is 10.0. The van der Waals surface area contributed by atoms with E-state index in [4.69, 9.17) is 9.47 Å². The third-order valence-corrected chi connectivity index (χ3v) is 9.27. The number of nitrogens with one attached hydrogen (secondary N) is 1. The Bertz CT molecular complexity index is 1590. The van der Waals surface area contributed by atoms with Gasteiger partial charge in [-0.1, -0.05) is 6.07 Å². The number of methoxy groups -OCH3 is 2. The second kappa shape index (κ2) is 13.3. The number of piperazine rings is 1. The summed E-state index contributed by atoms with van der Waals surface area (Å²) in [7, 11) is 7.21. The van der Waals surface area contributed by atoms with Gasteiger partial charge in [0.1, 0.15) is 22.5 Å². The largest absolute Gasteiger partial charge is 0.495 e. The second-order valence-corrected chi connectivity index (χ2v) is 12.0. The van der Waals surface area contributed by atoms with E-state index in [0.29, 0.717) is 29.4 Å². The molecule has 2 aliphatic rings. The molecular weight excluding hydrogens is 567 g/mol. The number of thiol groups is 1. The van der Waals surface area contributed by atoms with Crippen molar-refractivity contribution in [3.05, 3.63) is 82.4 Å². The Kier molecular flexibility index (Phi) is 9.51. The van der Waals surface area contributed by atoms with Crippen LogP contribution in [0.4, 0.5) is 4.39 Å². The van der Waals surface area contributed by atoms with Crippen LogP contribution in [0, 0.1) is 5.82 Å². The molecule has 1 aliphatic heterocycles. The highest BCUT2D eigenvalue weighted by Crippen LogP contribution is 2.45. The van der Waals surface area contributed by atoms with Crippen LogP contribution in [0.3, 0.4) is 0 Å². The topological polar surface area (TPSA) is 79.2 Å². The van der Waals surface area contributed by atoms with Crippen LogP contribution < -0.4 is 14.8 Å². The number of fused-ring (bicyclic) bond motifs is 1. The van der Waals surface area contributed by atoms with Gasteiger partial charge in [-0.25, -0.2) is 9.29 Å². The number of hydrogen-bond acceptors (Lipinski definition) is 4. The summed E-state index contributed by atoms with van der Waals surface area (Å²) < 4.78 is 27.9. The van der Waals surface area contributed by atoms with Crippen molar-refractivity contribution < 1.29 is 23.8 Å². The number of carbonyl (C=O) groups excluding carboxylic acids is 1. The zero-order chi connectivity index (χ0) is 30.7. The number of likely N-dealkylation sites (N-methyl/N-ethyl adjacent to an activating group) is 1. The molecule has 43 heavy (non-hydrogen) atoms. The van der Waals surface area contributed by atoms with E-state index in [-0.39, 0.29) is 23.3 Å². The summed E-state index contributed by atoms with van der Waals surface area (Å²) in [5, 5.41) is 14.2. The minimum absolute atomic E-state index is 0.130. The molecule has 3 aromatic rings. The maximum Gasteiger partial charge on any atom is 0.224 e. The molecule has 1 saturated heterocycles. The number of allylic oxidation sites excluding steroid dienone is 2. The van der Waals surface area contributed by atoms with Crippen molar-refractivity contribution in [1.82, 2.24) is 19.7 Å². The molecule has 1 amide bonds. The van der Waals surface area contributed by atoms with E-state index in [1.54, 1.807) is 20.3 Å². The number of aliphatic hydroxyl groups excluding tert-OH is 1. The number of amides is 1. The molecule has 228 valence electrons. The maximum absolute atomic E-state index is 14.4. The number of halogens is 1. The summed E-state index contributed by atoms with van der Waals surface area (Å²) in [5.74, 6) is 0.702. The number of benzene rings is 2. The number of nitrogens with zero attached hydrogens (tertiary/aromatic N) is 3. The fourth-order valence-corrected chi connectivity index (χ4v) is 6.60. The molecule has 0 unspecified atom stereocenters. The molecule has 1 aromatic heterocycles. The van der Waals surface area contributed by atoms with Crippen LogP contribution in [0.15, 0.2) is 59.1 Å². The Balaban J connectivity index is 1.47. The van der Waals surface area contributed by atoms with Gasteiger partial charge in [0.25, 0.3) is 0 Å². The van der Waals surface area contributed by atoms with Gasteiger partial charge < -0.3 is 29.4 Å². The molecule has 2 N–H and O–H groups in total. The first-order valence-corrected chi connectivity index (χ1v) is 15.1. The maximum atomic E-state index is 14.4. The monoisotopic (exact) mass is 606 g/mol. The molecule has 0 radical (unpaired) electrons. The molecule has 0 saturated carbocycles. The van der Waals surface area contributed by atoms with Crippen molar-refractivity contribution in [2.75, 3.05) is 47.4 Å². The third-order valence-electron chi connectivity index (χ3n) is 8.12. The molecule has 0 bridgehead atoms. The lowest BCUT2D eigenvalue weighted by Gasteiger charge is -2.31. The van der Waals surface area contributed by atoms with Gasteiger partial charge in [-0.15, -0.1) is 11.4 Å². The standard InChI is InChI=1S/C33H39FN4O4S/c1-21-26(25-9-8-23(34)18-28(25)27(21)19-31(39)35-20-24-7-6-10-37(24)3)15-22-16-29(41-4)32(30(17-22)42-5)43-33(40)38-13-11-36(2)12-14-38/h6-10,15-18,40,43H,11-14,19-20H2,1-5H3,(H,35,39)/b26-15-. The van der Waals surface area contributed by atoms with Crippen molar-refractivity contribution in [2.24, 2.45) is 7.05 Å². The zero-order valence-corrected chi connectivity index (χ0v) is 26.2. The van der Waals surface area contributed by atoms with Crippen LogP contribution in [0.1, 0.15) is 35.7 Å². The molecule has 0 spiro atoms. The molecular formula is C33H39FN4O4S. The quantitative estimate of drug-likeness (QED) is 0.249. The summed E-state index contributed by atoms with van der Waals surface area (Å²) in [4.78, 5) is 18.0. The number of rotatable bonds is 8. The summed E-state index contributed by atoms with van der Waals surface area (Å²) in [6, 6.07) is 12.4. The average molecular weight is 607 g/mol. The number of aromatic nitrogens is 1. The lowest BCUT2D eigenvalue weighted by molar-refractivity contribution is -0.120. The first-order chi connectivity index (χ1) is 20.7. The van der Waals surface area contributed by atoms with E-state index in [9.17, 15) is 14.3 Å². The molecule has 5 rings (SSSR count). The summed E-state index contributed by atoms with van der Waals surface area (Å²) in [5.41, 5.74) is 6.02. The Morgan fingerprint density at radius 3 is 2.37 bits per heavy atom. The van der Waals surface area contributed by atoms with Crippen LogP contribution in [0.25, 0.3) is 17.2 Å². The number of carbonyl (C=O) groups is 1. The van der Waals surface area contributed by atoms with Gasteiger partial charge in [0, 0.05) is 45.1 Å². The second-order valence-electron chi connectivity index (χ2n) is 10.9. The SMILES string of the molecule is COc1cc(/C=C2/C(C)=C(CC(=O)NCc3cccn3C)c3cc(F)ccc32)cc(OC)c1/[SH]=C(\O)N1CCN(C)CC1. The minimum atomic E-state index is -0.349. The zero-order valence-electron chi connectivity index (χ0n) is 25.3. The molecule has 2 heterocycles. The Labute approximate surface area is 256 Å². The normalized spacial score (nSPS) is 17.2. The lowest BCUT2D eigenvalue weighted by Crippen LogP contribution is -2.46. The van der Waals surface area contributed by atoms with E-state index in [1.807, 2.05) is 60.0 Å². The summed E-state index contributed by atoms with van der Waals surface area (Å²) >= 11 is 0.598. The Morgan fingerprint density at radius 1 is 1.05 bits per heavy atom. The fourth-order valence-electron chi connectivity index (χ4n) is 5.52. The summed E-state index contributed by atoms with van der Waals surface area (Å²) in [6.45, 7) is 5.66. The van der Waals surface area contributed by atoms with E-state index >= 15 is 0 Å². The van der Waals surface area contributed by atoms with Crippen LogP contribution in [-0.2, 0) is 18.4 Å². The van der Waals surface area contributed by atoms with Crippen molar-refractivity contribution in [3.63, 3.8) is 0 Å². The van der Waals surface area contributed by atoms with E-state index in [2.05, 4.69) is 17.3 Å². The molecule has 1 aliphatic carbocycles. The van der Waals surface area contributed by atoms with Crippen molar-refractivity contribution in [1.29, 1.82) is 0 Å². The van der Waals surface area contributed by atoms with Gasteiger partial charge in [-0.3, -0.25) is 4.79 Å². The Hall–Kier alpha value is -3.70. The van der Waals surface area contributed by atoms with Gasteiger partial charge >= 0.3 is 0 Å². The Morgan fingerprint density at radius 2 is 1.74 bits per heavy atom. The molecule has 10 heteroatoms. The molecule has 2 aromatic carbocycles. The molecule has 0 atom stereocenters. The van der Waals surface area contributed by atoms with Crippen LogP contribution in [0.5, 0.6) is 11.5 Å². The third kappa shape index (κ3) is 6.78. The van der Waals surface area contributed by atoms with E-state index < -0.39 is 0 Å². The first-order valence-electron chi connectivity index (χ1n) is 14.2. The van der Waals surface area contributed by atoms with Gasteiger partial charge in [0.2, 0.25) is 5.91 Å². The highest BCUT2D eigenvalue weighted by Gasteiger charge is 2.26.